The number of Topliss-reactive ketones (excluding diaryl/α,β-unsaturated/α-hetero) is 1. The summed E-state index contributed by atoms with van der Waals surface area (Å²) in [4.78, 5) is 26.9. The number of aliphatic hydroxyl groups is 2. The van der Waals surface area contributed by atoms with E-state index >= 15 is 4.39 Å². The minimum atomic E-state index is -2.03. The summed E-state index contributed by atoms with van der Waals surface area (Å²) in [7, 11) is 0. The third-order valence-electron chi connectivity index (χ3n) is 11.5. The number of alkyl halides is 1. The van der Waals surface area contributed by atoms with E-state index in [9.17, 15) is 19.8 Å². The van der Waals surface area contributed by atoms with Gasteiger partial charge in [0.15, 0.2) is 29.1 Å². The van der Waals surface area contributed by atoms with Gasteiger partial charge in [-0.3, -0.25) is 9.59 Å². The summed E-state index contributed by atoms with van der Waals surface area (Å²) in [5.74, 6) is -0.858. The van der Waals surface area contributed by atoms with Gasteiger partial charge in [-0.15, -0.1) is 11.8 Å². The highest BCUT2D eigenvalue weighted by atomic mass is 32.2. The van der Waals surface area contributed by atoms with Crippen LogP contribution in [0.5, 0.6) is 0 Å². The van der Waals surface area contributed by atoms with Gasteiger partial charge in [-0.05, 0) is 74.4 Å². The summed E-state index contributed by atoms with van der Waals surface area (Å²) >= 11 is 1.68. The lowest BCUT2D eigenvalue weighted by molar-refractivity contribution is -0.231. The van der Waals surface area contributed by atoms with Gasteiger partial charge in [0.25, 0.3) is 0 Å². The topological polar surface area (TPSA) is 119 Å². The van der Waals surface area contributed by atoms with Crippen LogP contribution in [0.25, 0.3) is 0 Å². The highest BCUT2D eigenvalue weighted by Gasteiger charge is 2.79. The highest BCUT2D eigenvalue weighted by molar-refractivity contribution is 7.98. The Bertz CT molecular complexity index is 1580. The Morgan fingerprint density at radius 3 is 2.66 bits per heavy atom. The molecule has 232 valence electrons. The molecule has 0 bridgehead atoms. The molecule has 1 heterocycles. The second-order valence-corrected chi connectivity index (χ2v) is 14.5. The van der Waals surface area contributed by atoms with Crippen LogP contribution in [0.4, 0.5) is 10.1 Å². The van der Waals surface area contributed by atoms with Gasteiger partial charge in [0.1, 0.15) is 6.61 Å². The minimum absolute atomic E-state index is 0.0339. The Labute approximate surface area is 260 Å². The summed E-state index contributed by atoms with van der Waals surface area (Å²) in [5, 5.41) is 21.9. The molecule has 0 aromatic heterocycles. The van der Waals surface area contributed by atoms with E-state index in [2.05, 4.69) is 0 Å². The molecule has 7 nitrogen and oxygen atoms in total. The number of rotatable bonds is 6. The molecular weight excluding hydrogens is 581 g/mol. The van der Waals surface area contributed by atoms with E-state index in [0.717, 1.165) is 27.5 Å². The Hall–Kier alpha value is -2.82. The third-order valence-corrected chi connectivity index (χ3v) is 12.5. The van der Waals surface area contributed by atoms with E-state index in [-0.39, 0.29) is 18.1 Å². The molecule has 0 spiro atoms. The number of anilines is 1. The molecule has 9 atom stereocenters. The van der Waals surface area contributed by atoms with Gasteiger partial charge in [-0.25, -0.2) is 4.39 Å². The van der Waals surface area contributed by atoms with Crippen LogP contribution in [-0.4, -0.2) is 51.9 Å². The number of fused-ring (bicyclic) bond motifs is 7. The number of carbonyl (C=O) groups excluding carboxylic acids is 2. The highest BCUT2D eigenvalue weighted by Crippen LogP contribution is 2.72. The number of ether oxygens (including phenoxy) is 2. The summed E-state index contributed by atoms with van der Waals surface area (Å²) in [5.41, 5.74) is 3.50. The van der Waals surface area contributed by atoms with Crippen LogP contribution in [0.1, 0.15) is 56.9 Å². The van der Waals surface area contributed by atoms with E-state index in [1.165, 1.54) is 12.2 Å². The molecule has 9 heteroatoms. The number of ketones is 2. The lowest BCUT2D eigenvalue weighted by atomic mass is 9.44. The molecule has 7 rings (SSSR count). The van der Waals surface area contributed by atoms with Crippen molar-refractivity contribution >= 4 is 29.0 Å². The fourth-order valence-electron chi connectivity index (χ4n) is 9.26. The van der Waals surface area contributed by atoms with Crippen LogP contribution in [0.3, 0.4) is 0 Å². The molecule has 9 unspecified atom stereocenters. The number of allylic oxidation sites excluding steroid dienone is 4. The lowest BCUT2D eigenvalue weighted by Crippen LogP contribution is -2.69. The van der Waals surface area contributed by atoms with Crippen LogP contribution in [0.15, 0.2) is 77.2 Å². The van der Waals surface area contributed by atoms with Crippen LogP contribution < -0.4 is 5.73 Å². The maximum atomic E-state index is 17.5. The SMILES string of the molecule is CC12C=CC(=O)C=C1CCC1C3CC4OC(c5ccc(CSc6cccc(N)c6)cc5)OC4(C(=O)CO)C3(C)CC(O)C12F. The van der Waals surface area contributed by atoms with Crippen molar-refractivity contribution in [2.45, 2.75) is 79.9 Å². The van der Waals surface area contributed by atoms with Gasteiger partial charge in [-0.2, -0.15) is 0 Å². The first kappa shape index (κ1) is 29.9. The number of nitrogens with two attached hydrogens (primary N) is 1. The monoisotopic (exact) mass is 619 g/mol. The Morgan fingerprint density at radius 2 is 1.93 bits per heavy atom. The first-order chi connectivity index (χ1) is 21.0. The molecule has 4 fully saturated rings. The van der Waals surface area contributed by atoms with E-state index in [1.807, 2.05) is 55.5 Å². The van der Waals surface area contributed by atoms with E-state index in [1.54, 1.807) is 24.8 Å². The first-order valence-electron chi connectivity index (χ1n) is 15.3. The van der Waals surface area contributed by atoms with Crippen LogP contribution in [-0.2, 0) is 24.8 Å². The number of nitrogen functional groups attached to an aromatic ring is 1. The van der Waals surface area contributed by atoms with Crippen molar-refractivity contribution in [3.63, 3.8) is 0 Å². The van der Waals surface area contributed by atoms with E-state index < -0.39 is 58.9 Å². The Morgan fingerprint density at radius 1 is 1.16 bits per heavy atom. The molecule has 2 aromatic rings. The number of aliphatic hydroxyl groups excluding tert-OH is 2. The van der Waals surface area contributed by atoms with E-state index in [0.29, 0.717) is 24.8 Å². The molecule has 0 amide bonds. The molecule has 3 saturated carbocycles. The molecule has 1 saturated heterocycles. The van der Waals surface area contributed by atoms with Crippen LogP contribution >= 0.6 is 11.8 Å². The number of carbonyl (C=O) groups is 2. The van der Waals surface area contributed by atoms with Gasteiger partial charge in [0, 0.05) is 38.6 Å². The van der Waals surface area contributed by atoms with Crippen molar-refractivity contribution in [1.29, 1.82) is 0 Å². The Balaban J connectivity index is 1.16. The molecule has 5 aliphatic rings. The average molecular weight is 620 g/mol. The zero-order valence-electron chi connectivity index (χ0n) is 24.9. The molecule has 2 aromatic carbocycles. The fourth-order valence-corrected chi connectivity index (χ4v) is 10.2. The number of thioether (sulfide) groups is 1. The molecule has 44 heavy (non-hydrogen) atoms. The molecular formula is C35H38FNO6S. The predicted molar refractivity (Wildman–Crippen MR) is 164 cm³/mol. The smallest absolute Gasteiger partial charge is 0.193 e. The molecule has 4 N–H and O–H groups in total. The second kappa shape index (κ2) is 10.4. The van der Waals surface area contributed by atoms with Gasteiger partial charge in [0.2, 0.25) is 0 Å². The predicted octanol–water partition coefficient (Wildman–Crippen LogP) is 5.26. The van der Waals surface area contributed by atoms with Crippen LogP contribution in [0, 0.1) is 22.7 Å². The Kier molecular flexibility index (Phi) is 7.03. The summed E-state index contributed by atoms with van der Waals surface area (Å²) in [6, 6.07) is 15.6. The van der Waals surface area contributed by atoms with Crippen molar-refractivity contribution in [3.05, 3.63) is 83.5 Å². The van der Waals surface area contributed by atoms with Gasteiger partial charge < -0.3 is 25.4 Å². The van der Waals surface area contributed by atoms with Crippen molar-refractivity contribution in [2.24, 2.45) is 22.7 Å². The lowest BCUT2D eigenvalue weighted by Gasteiger charge is -2.62. The summed E-state index contributed by atoms with van der Waals surface area (Å²) < 4.78 is 30.6. The number of hydrogen-bond donors (Lipinski definition) is 3. The summed E-state index contributed by atoms with van der Waals surface area (Å²) in [6.45, 7) is 2.92. The van der Waals surface area contributed by atoms with Gasteiger partial charge in [0.05, 0.1) is 12.2 Å². The first-order valence-corrected chi connectivity index (χ1v) is 16.3. The zero-order chi connectivity index (χ0) is 31.1. The molecule has 4 aliphatic carbocycles. The van der Waals surface area contributed by atoms with Crippen molar-refractivity contribution in [1.82, 2.24) is 0 Å². The minimum Gasteiger partial charge on any atom is -0.399 e. The standard InChI is InChI=1S/C35H38FNO6S/c1-32-13-12-24(39)14-22(32)10-11-26-27-16-30-35(29(41)18-38,33(27,2)17-28(40)34(26,32)36)43-31(42-30)21-8-6-20(7-9-21)19-44-25-5-3-4-23(37)15-25/h3-9,12-15,26-28,30-31,38,40H,10-11,16-19,37H2,1-2H3. The largest absolute Gasteiger partial charge is 0.399 e. The van der Waals surface area contributed by atoms with E-state index in [4.69, 9.17) is 15.2 Å². The zero-order valence-corrected chi connectivity index (χ0v) is 25.7. The fraction of sp³-hybridized carbons (Fsp3) is 0.486. The van der Waals surface area contributed by atoms with Gasteiger partial charge in [-0.1, -0.05) is 48.9 Å². The molecule has 1 aliphatic heterocycles. The van der Waals surface area contributed by atoms with Gasteiger partial charge >= 0.3 is 0 Å². The number of hydrogen-bond acceptors (Lipinski definition) is 8. The number of benzene rings is 2. The average Bonchev–Trinajstić information content (AvgIpc) is 3.50. The van der Waals surface area contributed by atoms with Crippen LogP contribution in [0.2, 0.25) is 0 Å². The van der Waals surface area contributed by atoms with Crippen molar-refractivity contribution in [2.75, 3.05) is 12.3 Å². The second-order valence-electron chi connectivity index (χ2n) is 13.5. The summed E-state index contributed by atoms with van der Waals surface area (Å²) in [6.07, 6.45) is 2.86. The third kappa shape index (κ3) is 4.02. The number of halogens is 1. The molecule has 0 radical (unpaired) electrons. The normalized spacial score (nSPS) is 40.5. The maximum Gasteiger partial charge on any atom is 0.193 e. The van der Waals surface area contributed by atoms with Crippen molar-refractivity contribution < 1.29 is 33.7 Å². The van der Waals surface area contributed by atoms with Crippen molar-refractivity contribution in [3.8, 4) is 0 Å². The quantitative estimate of drug-likeness (QED) is 0.296. The maximum absolute atomic E-state index is 17.5.